The molecule has 0 spiro atoms. The third kappa shape index (κ3) is 2.35. The number of halogens is 2. The highest BCUT2D eigenvalue weighted by atomic mass is 35.5. The smallest absolute Gasteiger partial charge is 0.194 e. The van der Waals surface area contributed by atoms with Crippen molar-refractivity contribution in [2.75, 3.05) is 5.73 Å². The summed E-state index contributed by atoms with van der Waals surface area (Å²) in [7, 11) is 0. The molecule has 0 saturated carbocycles. The van der Waals surface area contributed by atoms with Gasteiger partial charge in [0.05, 0.1) is 10.0 Å². The predicted octanol–water partition coefficient (Wildman–Crippen LogP) is 4.12. The van der Waals surface area contributed by atoms with E-state index in [4.69, 9.17) is 28.9 Å². The van der Waals surface area contributed by atoms with Gasteiger partial charge in [-0.2, -0.15) is 0 Å². The summed E-state index contributed by atoms with van der Waals surface area (Å²) in [5, 5.41) is 0.630. The topological polar surface area (TPSA) is 43.1 Å². The Bertz CT molecular complexity index is 623. The van der Waals surface area contributed by atoms with E-state index in [9.17, 15) is 4.79 Å². The third-order valence-corrected chi connectivity index (χ3v) is 3.56. The van der Waals surface area contributed by atoms with Gasteiger partial charge in [0.15, 0.2) is 5.78 Å². The minimum atomic E-state index is -0.186. The number of carbonyl (C=O) groups is 1. The molecule has 0 aliphatic rings. The minimum absolute atomic E-state index is 0.186. The van der Waals surface area contributed by atoms with Gasteiger partial charge in [-0.25, -0.2) is 0 Å². The van der Waals surface area contributed by atoms with Crippen LogP contribution in [0.1, 0.15) is 21.5 Å². The van der Waals surface area contributed by atoms with Crippen molar-refractivity contribution in [3.05, 3.63) is 63.1 Å². The number of nitrogens with two attached hydrogens (primary N) is 1. The highest BCUT2D eigenvalue weighted by Crippen LogP contribution is 2.28. The van der Waals surface area contributed by atoms with E-state index in [-0.39, 0.29) is 10.8 Å². The molecule has 2 N–H and O–H groups in total. The molecule has 0 amide bonds. The van der Waals surface area contributed by atoms with E-state index < -0.39 is 0 Å². The number of anilines is 1. The first-order chi connectivity index (χ1) is 8.50. The summed E-state index contributed by atoms with van der Waals surface area (Å²) in [5.74, 6) is -0.186. The highest BCUT2D eigenvalue weighted by Gasteiger charge is 2.15. The number of aryl methyl sites for hydroxylation is 1. The second-order valence-electron chi connectivity index (χ2n) is 4.00. The Morgan fingerprint density at radius 1 is 1.17 bits per heavy atom. The summed E-state index contributed by atoms with van der Waals surface area (Å²) in [5.41, 5.74) is 8.19. The van der Waals surface area contributed by atoms with Crippen LogP contribution in [0, 0.1) is 6.92 Å². The molecule has 0 saturated heterocycles. The van der Waals surface area contributed by atoms with Crippen LogP contribution in [0.25, 0.3) is 0 Å². The van der Waals surface area contributed by atoms with Crippen LogP contribution in [0.2, 0.25) is 10.0 Å². The van der Waals surface area contributed by atoms with E-state index in [1.165, 1.54) is 0 Å². The van der Waals surface area contributed by atoms with Gasteiger partial charge in [0.2, 0.25) is 0 Å². The molecular formula is C14H11Cl2NO. The number of hydrogen-bond acceptors (Lipinski definition) is 2. The molecule has 2 nitrogen and oxygen atoms in total. The van der Waals surface area contributed by atoms with Crippen LogP contribution in [0.4, 0.5) is 5.69 Å². The standard InChI is InChI=1S/C14H11Cl2NO/c1-8-5-6-9(7-12(8)17)14(18)10-3-2-4-11(15)13(10)16/h2-7H,17H2,1H3. The molecule has 0 aliphatic heterocycles. The van der Waals surface area contributed by atoms with E-state index in [0.29, 0.717) is 21.8 Å². The molecule has 2 rings (SSSR count). The van der Waals surface area contributed by atoms with Crippen LogP contribution in [0.5, 0.6) is 0 Å². The number of carbonyl (C=O) groups excluding carboxylic acids is 1. The lowest BCUT2D eigenvalue weighted by molar-refractivity contribution is 0.103. The molecule has 18 heavy (non-hydrogen) atoms. The van der Waals surface area contributed by atoms with Crippen LogP contribution in [-0.2, 0) is 0 Å². The Balaban J connectivity index is 2.48. The molecule has 0 heterocycles. The predicted molar refractivity (Wildman–Crippen MR) is 75.5 cm³/mol. The van der Waals surface area contributed by atoms with Crippen molar-refractivity contribution in [3.63, 3.8) is 0 Å². The normalized spacial score (nSPS) is 10.4. The van der Waals surface area contributed by atoms with Crippen LogP contribution in [0.3, 0.4) is 0 Å². The zero-order valence-corrected chi connectivity index (χ0v) is 11.2. The van der Waals surface area contributed by atoms with Gasteiger partial charge in [0, 0.05) is 16.8 Å². The molecule has 4 heteroatoms. The average molecular weight is 280 g/mol. The molecule has 0 bridgehead atoms. The maximum atomic E-state index is 12.3. The molecule has 2 aromatic rings. The van der Waals surface area contributed by atoms with E-state index in [1.807, 2.05) is 6.92 Å². The Morgan fingerprint density at radius 2 is 1.89 bits per heavy atom. The summed E-state index contributed by atoms with van der Waals surface area (Å²) in [6, 6.07) is 10.2. The van der Waals surface area contributed by atoms with Crippen molar-refractivity contribution in [3.8, 4) is 0 Å². The SMILES string of the molecule is Cc1ccc(C(=O)c2cccc(Cl)c2Cl)cc1N. The fraction of sp³-hybridized carbons (Fsp3) is 0.0714. The average Bonchev–Trinajstić information content (AvgIpc) is 2.35. The molecule has 0 atom stereocenters. The fourth-order valence-corrected chi connectivity index (χ4v) is 2.00. The second kappa shape index (κ2) is 5.01. The van der Waals surface area contributed by atoms with Crippen molar-refractivity contribution in [1.29, 1.82) is 0 Å². The van der Waals surface area contributed by atoms with Crippen molar-refractivity contribution in [2.45, 2.75) is 6.92 Å². The quantitative estimate of drug-likeness (QED) is 0.664. The third-order valence-electron chi connectivity index (χ3n) is 2.74. The van der Waals surface area contributed by atoms with Crippen LogP contribution in [-0.4, -0.2) is 5.78 Å². The Kier molecular flexibility index (Phi) is 3.60. The Hall–Kier alpha value is -1.51. The Morgan fingerprint density at radius 3 is 2.56 bits per heavy atom. The van der Waals surface area contributed by atoms with Gasteiger partial charge in [-0.15, -0.1) is 0 Å². The van der Waals surface area contributed by atoms with Gasteiger partial charge < -0.3 is 5.73 Å². The van der Waals surface area contributed by atoms with Gasteiger partial charge in [-0.1, -0.05) is 41.4 Å². The second-order valence-corrected chi connectivity index (χ2v) is 4.79. The molecule has 0 aliphatic carbocycles. The molecule has 0 radical (unpaired) electrons. The zero-order chi connectivity index (χ0) is 13.3. The van der Waals surface area contributed by atoms with Gasteiger partial charge in [-0.3, -0.25) is 4.79 Å². The first-order valence-corrected chi connectivity index (χ1v) is 6.11. The molecule has 0 fully saturated rings. The van der Waals surface area contributed by atoms with Gasteiger partial charge in [-0.05, 0) is 30.7 Å². The number of benzene rings is 2. The van der Waals surface area contributed by atoms with Gasteiger partial charge in [0.25, 0.3) is 0 Å². The molecule has 0 aromatic heterocycles. The van der Waals surface area contributed by atoms with Crippen LogP contribution < -0.4 is 5.73 Å². The Labute approximate surface area is 115 Å². The lowest BCUT2D eigenvalue weighted by Crippen LogP contribution is -2.04. The summed E-state index contributed by atoms with van der Waals surface area (Å²) in [6.45, 7) is 1.88. The fourth-order valence-electron chi connectivity index (χ4n) is 1.62. The van der Waals surface area contributed by atoms with Crippen LogP contribution >= 0.6 is 23.2 Å². The number of nitrogen functional groups attached to an aromatic ring is 1. The maximum Gasteiger partial charge on any atom is 0.194 e. The van der Waals surface area contributed by atoms with Crippen molar-refractivity contribution in [2.24, 2.45) is 0 Å². The van der Waals surface area contributed by atoms with Crippen molar-refractivity contribution >= 4 is 34.7 Å². The largest absolute Gasteiger partial charge is 0.398 e. The maximum absolute atomic E-state index is 12.3. The number of rotatable bonds is 2. The molecular weight excluding hydrogens is 269 g/mol. The summed E-state index contributed by atoms with van der Waals surface area (Å²) in [6.07, 6.45) is 0. The zero-order valence-electron chi connectivity index (χ0n) is 9.71. The lowest BCUT2D eigenvalue weighted by atomic mass is 10.0. The molecule has 92 valence electrons. The van der Waals surface area contributed by atoms with E-state index in [2.05, 4.69) is 0 Å². The van der Waals surface area contributed by atoms with E-state index in [0.717, 1.165) is 5.56 Å². The summed E-state index contributed by atoms with van der Waals surface area (Å²) in [4.78, 5) is 12.3. The van der Waals surface area contributed by atoms with Gasteiger partial charge in [0.1, 0.15) is 0 Å². The molecule has 0 unspecified atom stereocenters. The summed E-state index contributed by atoms with van der Waals surface area (Å²) >= 11 is 11.9. The van der Waals surface area contributed by atoms with E-state index >= 15 is 0 Å². The van der Waals surface area contributed by atoms with Gasteiger partial charge >= 0.3 is 0 Å². The highest BCUT2D eigenvalue weighted by molar-refractivity contribution is 6.44. The minimum Gasteiger partial charge on any atom is -0.398 e. The van der Waals surface area contributed by atoms with Crippen molar-refractivity contribution in [1.82, 2.24) is 0 Å². The first-order valence-electron chi connectivity index (χ1n) is 5.35. The lowest BCUT2D eigenvalue weighted by Gasteiger charge is -2.07. The number of hydrogen-bond donors (Lipinski definition) is 1. The number of ketones is 1. The van der Waals surface area contributed by atoms with Crippen LogP contribution in [0.15, 0.2) is 36.4 Å². The summed E-state index contributed by atoms with van der Waals surface area (Å²) < 4.78 is 0. The molecule has 2 aromatic carbocycles. The monoisotopic (exact) mass is 279 g/mol. The van der Waals surface area contributed by atoms with E-state index in [1.54, 1.807) is 36.4 Å². The first kappa shape index (κ1) is 12.9. The van der Waals surface area contributed by atoms with Crippen molar-refractivity contribution < 1.29 is 4.79 Å².